The monoisotopic (exact) mass is 480 g/mol. The minimum Gasteiger partial charge on any atom is -0.493 e. The van der Waals surface area contributed by atoms with Crippen molar-refractivity contribution in [2.45, 2.75) is 43.3 Å². The number of benzene rings is 1. The third-order valence-corrected chi connectivity index (χ3v) is 7.08. The number of hydrogen-bond donors (Lipinski definition) is 2. The number of alkyl halides is 4. The third-order valence-electron chi connectivity index (χ3n) is 5.45. The van der Waals surface area contributed by atoms with Crippen LogP contribution in [-0.4, -0.2) is 34.3 Å². The van der Waals surface area contributed by atoms with Gasteiger partial charge >= 0.3 is 12.1 Å². The molecule has 10 heteroatoms. The molecule has 0 amide bonds. The first-order valence-corrected chi connectivity index (χ1v) is 10.9. The minimum atomic E-state index is -4.70. The van der Waals surface area contributed by atoms with Gasteiger partial charge in [-0.1, -0.05) is 0 Å². The lowest BCUT2D eigenvalue weighted by Gasteiger charge is -2.24. The van der Waals surface area contributed by atoms with Crippen LogP contribution in [0.1, 0.15) is 39.4 Å². The summed E-state index contributed by atoms with van der Waals surface area (Å²) in [5.74, 6) is -2.82. The van der Waals surface area contributed by atoms with Gasteiger partial charge in [-0.2, -0.15) is 13.2 Å². The molecule has 0 aliphatic heterocycles. The van der Waals surface area contributed by atoms with Crippen molar-refractivity contribution in [3.8, 4) is 5.75 Å². The standard InChI is InChI=1S/C21H21ClF4O4S/c22-17-9-18(27)16(10-30-13-7-11(21(24,25)26)6-12(23)8-13)15(17)3-1-2-14-4-5-19(31-14)20(28)29/h4-8,15-18,27H,1-3,9-10H2,(H,28,29). The van der Waals surface area contributed by atoms with Crippen LogP contribution < -0.4 is 4.74 Å². The first-order valence-electron chi connectivity index (χ1n) is 9.69. The van der Waals surface area contributed by atoms with E-state index < -0.39 is 35.5 Å². The number of ether oxygens (including phenoxy) is 1. The molecule has 1 aromatic carbocycles. The molecule has 1 aliphatic rings. The zero-order valence-electron chi connectivity index (χ0n) is 16.2. The first-order chi connectivity index (χ1) is 14.5. The van der Waals surface area contributed by atoms with Crippen molar-refractivity contribution in [3.05, 3.63) is 51.5 Å². The number of carboxylic acids is 1. The lowest BCUT2D eigenvalue weighted by Crippen LogP contribution is -2.27. The highest BCUT2D eigenvalue weighted by molar-refractivity contribution is 7.13. The van der Waals surface area contributed by atoms with Crippen LogP contribution in [0.5, 0.6) is 5.75 Å². The van der Waals surface area contributed by atoms with Crippen molar-refractivity contribution in [1.29, 1.82) is 0 Å². The quantitative estimate of drug-likeness (QED) is 0.380. The smallest absolute Gasteiger partial charge is 0.416 e. The van der Waals surface area contributed by atoms with Gasteiger partial charge in [0.2, 0.25) is 0 Å². The second-order valence-electron chi connectivity index (χ2n) is 7.59. The van der Waals surface area contributed by atoms with Crippen LogP contribution in [0.4, 0.5) is 17.6 Å². The number of carbonyl (C=O) groups is 1. The van der Waals surface area contributed by atoms with Gasteiger partial charge in [-0.3, -0.25) is 0 Å². The Morgan fingerprint density at radius 1 is 1.23 bits per heavy atom. The molecule has 0 spiro atoms. The summed E-state index contributed by atoms with van der Waals surface area (Å²) in [6, 6.07) is 5.32. The molecule has 0 radical (unpaired) electrons. The van der Waals surface area contributed by atoms with Gasteiger partial charge < -0.3 is 14.9 Å². The Morgan fingerprint density at radius 2 is 1.97 bits per heavy atom. The molecule has 1 heterocycles. The van der Waals surface area contributed by atoms with Crippen LogP contribution >= 0.6 is 22.9 Å². The van der Waals surface area contributed by atoms with Crippen LogP contribution in [0.15, 0.2) is 30.3 Å². The van der Waals surface area contributed by atoms with E-state index in [1.165, 1.54) is 11.3 Å². The topological polar surface area (TPSA) is 66.8 Å². The van der Waals surface area contributed by atoms with Gasteiger partial charge in [0.1, 0.15) is 16.4 Å². The molecule has 170 valence electrons. The van der Waals surface area contributed by atoms with Gasteiger partial charge in [0.15, 0.2) is 0 Å². The predicted molar refractivity (Wildman–Crippen MR) is 108 cm³/mol. The van der Waals surface area contributed by atoms with Crippen LogP contribution in [0.25, 0.3) is 0 Å². The molecule has 4 nitrogen and oxygen atoms in total. The fourth-order valence-electron chi connectivity index (χ4n) is 3.90. The van der Waals surface area contributed by atoms with Crippen LogP contribution in [0.2, 0.25) is 0 Å². The van der Waals surface area contributed by atoms with Crippen molar-refractivity contribution >= 4 is 28.9 Å². The van der Waals surface area contributed by atoms with E-state index in [2.05, 4.69) is 0 Å². The van der Waals surface area contributed by atoms with E-state index in [9.17, 15) is 27.5 Å². The molecule has 1 aliphatic carbocycles. The molecule has 3 rings (SSSR count). The summed E-state index contributed by atoms with van der Waals surface area (Å²) >= 11 is 7.59. The van der Waals surface area contributed by atoms with Gasteiger partial charge in [0.05, 0.1) is 18.3 Å². The van der Waals surface area contributed by atoms with E-state index in [0.717, 1.165) is 17.0 Å². The number of aliphatic hydroxyl groups excluding tert-OH is 1. The normalized spacial score (nSPS) is 23.8. The number of aryl methyl sites for hydroxylation is 1. The summed E-state index contributed by atoms with van der Waals surface area (Å²) in [6.45, 7) is -0.0853. The fourth-order valence-corrected chi connectivity index (χ4v) is 5.29. The lowest BCUT2D eigenvalue weighted by molar-refractivity contribution is -0.137. The van der Waals surface area contributed by atoms with Gasteiger partial charge in [0, 0.05) is 22.2 Å². The van der Waals surface area contributed by atoms with Gasteiger partial charge in [-0.15, -0.1) is 22.9 Å². The fraction of sp³-hybridized carbons (Fsp3) is 0.476. The van der Waals surface area contributed by atoms with E-state index in [4.69, 9.17) is 21.4 Å². The Morgan fingerprint density at radius 3 is 2.61 bits per heavy atom. The molecule has 2 aromatic rings. The first kappa shape index (κ1) is 23.8. The highest BCUT2D eigenvalue weighted by Gasteiger charge is 2.41. The molecular formula is C21H21ClF4O4S. The Labute approximate surface area is 185 Å². The second kappa shape index (κ2) is 9.75. The molecule has 1 fully saturated rings. The number of rotatable bonds is 8. The SMILES string of the molecule is O=C(O)c1ccc(CCCC2C(Cl)CC(O)C2COc2cc(F)cc(C(F)(F)F)c2)s1. The molecule has 4 unspecified atom stereocenters. The zero-order chi connectivity index (χ0) is 22.8. The average molecular weight is 481 g/mol. The van der Waals surface area contributed by atoms with Crippen LogP contribution in [-0.2, 0) is 12.6 Å². The zero-order valence-corrected chi connectivity index (χ0v) is 17.8. The largest absolute Gasteiger partial charge is 0.493 e. The van der Waals surface area contributed by atoms with E-state index in [1.807, 2.05) is 0 Å². The van der Waals surface area contributed by atoms with Crippen LogP contribution in [0, 0.1) is 17.7 Å². The van der Waals surface area contributed by atoms with Crippen molar-refractivity contribution in [2.24, 2.45) is 11.8 Å². The van der Waals surface area contributed by atoms with Gasteiger partial charge in [-0.05, 0) is 55.9 Å². The van der Waals surface area contributed by atoms with E-state index >= 15 is 0 Å². The van der Waals surface area contributed by atoms with Gasteiger partial charge in [-0.25, -0.2) is 9.18 Å². The summed E-state index contributed by atoms with van der Waals surface area (Å²) in [6.07, 6.45) is -3.15. The molecular weight excluding hydrogens is 460 g/mol. The minimum absolute atomic E-state index is 0.0853. The number of aromatic carboxylic acids is 1. The second-order valence-corrected chi connectivity index (χ2v) is 9.32. The average Bonchev–Trinajstić information content (AvgIpc) is 3.24. The summed E-state index contributed by atoms with van der Waals surface area (Å²) in [4.78, 5) is 12.2. The number of hydrogen-bond acceptors (Lipinski definition) is 4. The highest BCUT2D eigenvalue weighted by atomic mass is 35.5. The highest BCUT2D eigenvalue weighted by Crippen LogP contribution is 2.40. The number of aliphatic hydroxyl groups is 1. The third kappa shape index (κ3) is 6.11. The molecule has 0 bridgehead atoms. The van der Waals surface area contributed by atoms with Crippen molar-refractivity contribution < 1.29 is 37.3 Å². The van der Waals surface area contributed by atoms with E-state index in [0.29, 0.717) is 31.7 Å². The number of thiophene rings is 1. The maximum atomic E-state index is 13.6. The predicted octanol–water partition coefficient (Wildman–Crippen LogP) is 5.61. The lowest BCUT2D eigenvalue weighted by atomic mass is 9.90. The summed E-state index contributed by atoms with van der Waals surface area (Å²) in [5, 5.41) is 19.0. The Bertz CT molecular complexity index is 917. The summed E-state index contributed by atoms with van der Waals surface area (Å²) < 4.78 is 57.6. The molecule has 4 atom stereocenters. The van der Waals surface area contributed by atoms with E-state index in [-0.39, 0.29) is 28.5 Å². The van der Waals surface area contributed by atoms with Crippen molar-refractivity contribution in [1.82, 2.24) is 0 Å². The summed E-state index contributed by atoms with van der Waals surface area (Å²) in [7, 11) is 0. The maximum Gasteiger partial charge on any atom is 0.416 e. The van der Waals surface area contributed by atoms with Crippen molar-refractivity contribution in [2.75, 3.05) is 6.61 Å². The molecule has 1 aromatic heterocycles. The van der Waals surface area contributed by atoms with E-state index in [1.54, 1.807) is 12.1 Å². The van der Waals surface area contributed by atoms with Gasteiger partial charge in [0.25, 0.3) is 0 Å². The van der Waals surface area contributed by atoms with Crippen molar-refractivity contribution in [3.63, 3.8) is 0 Å². The molecule has 2 N–H and O–H groups in total. The number of carboxylic acid groups (broad SMARTS) is 1. The molecule has 1 saturated carbocycles. The molecule has 0 saturated heterocycles. The Hall–Kier alpha value is -1.84. The van der Waals surface area contributed by atoms with Crippen LogP contribution in [0.3, 0.4) is 0 Å². The maximum absolute atomic E-state index is 13.6. The molecule has 31 heavy (non-hydrogen) atoms. The Balaban J connectivity index is 1.60. The summed E-state index contributed by atoms with van der Waals surface area (Å²) in [5.41, 5.74) is -1.14. The Kier molecular flexibility index (Phi) is 7.49. The number of halogens is 5.